The SMILES string of the molecule is Cc1ccc([C@@H](NC(=O)C2CCN(S(=O)(=O)c3ccc(C#N)cc3)CC2)c2cccs2)cc1. The molecule has 1 aliphatic rings. The molecular formula is C25H25N3O3S2. The molecule has 0 unspecified atom stereocenters. The Morgan fingerprint density at radius 2 is 1.76 bits per heavy atom. The minimum atomic E-state index is -3.65. The lowest BCUT2D eigenvalue weighted by molar-refractivity contribution is -0.126. The topological polar surface area (TPSA) is 90.3 Å². The summed E-state index contributed by atoms with van der Waals surface area (Å²) < 4.78 is 27.3. The monoisotopic (exact) mass is 479 g/mol. The second-order valence-corrected chi connectivity index (χ2v) is 11.1. The predicted molar refractivity (Wildman–Crippen MR) is 128 cm³/mol. The van der Waals surface area contributed by atoms with Crippen LogP contribution in [0.15, 0.2) is 70.9 Å². The van der Waals surface area contributed by atoms with Crippen LogP contribution in [0.25, 0.3) is 0 Å². The number of piperidine rings is 1. The van der Waals surface area contributed by atoms with Crippen molar-refractivity contribution in [2.24, 2.45) is 5.92 Å². The average Bonchev–Trinajstić information content (AvgIpc) is 3.38. The zero-order valence-corrected chi connectivity index (χ0v) is 19.9. The van der Waals surface area contributed by atoms with E-state index in [9.17, 15) is 13.2 Å². The molecule has 2 heterocycles. The summed E-state index contributed by atoms with van der Waals surface area (Å²) in [4.78, 5) is 14.4. The molecule has 1 fully saturated rings. The molecule has 1 amide bonds. The number of nitriles is 1. The van der Waals surface area contributed by atoms with Gasteiger partial charge in [-0.05, 0) is 61.0 Å². The number of sulfonamides is 1. The molecule has 1 atom stereocenters. The largest absolute Gasteiger partial charge is 0.344 e. The summed E-state index contributed by atoms with van der Waals surface area (Å²) in [6, 6.07) is 19.8. The highest BCUT2D eigenvalue weighted by Gasteiger charge is 2.33. The standard InChI is InChI=1S/C25H25N3O3S2/c1-18-4-8-20(9-5-18)24(23-3-2-16-32-23)27-25(29)21-12-14-28(15-13-21)33(30,31)22-10-6-19(17-26)7-11-22/h2-11,16,21,24H,12-15H2,1H3,(H,27,29)/t24-/m1/s1. The zero-order valence-electron chi connectivity index (χ0n) is 18.3. The van der Waals surface area contributed by atoms with E-state index in [-0.39, 0.29) is 35.9 Å². The van der Waals surface area contributed by atoms with Crippen LogP contribution >= 0.6 is 11.3 Å². The van der Waals surface area contributed by atoms with Crippen molar-refractivity contribution in [1.82, 2.24) is 9.62 Å². The Bertz CT molecular complexity index is 1240. The summed E-state index contributed by atoms with van der Waals surface area (Å²) in [6.45, 7) is 2.60. The average molecular weight is 480 g/mol. The Hall–Kier alpha value is -2.99. The van der Waals surface area contributed by atoms with Gasteiger partial charge in [0.1, 0.15) is 0 Å². The summed E-state index contributed by atoms with van der Waals surface area (Å²) in [5.41, 5.74) is 2.60. The van der Waals surface area contributed by atoms with Gasteiger partial charge in [-0.2, -0.15) is 9.57 Å². The van der Waals surface area contributed by atoms with E-state index in [0.29, 0.717) is 18.4 Å². The maximum Gasteiger partial charge on any atom is 0.243 e. The van der Waals surface area contributed by atoms with Gasteiger partial charge in [-0.1, -0.05) is 35.9 Å². The zero-order chi connectivity index (χ0) is 23.4. The molecule has 1 aromatic heterocycles. The van der Waals surface area contributed by atoms with Crippen LogP contribution in [0.1, 0.15) is 40.5 Å². The van der Waals surface area contributed by atoms with Crippen molar-refractivity contribution in [3.63, 3.8) is 0 Å². The lowest BCUT2D eigenvalue weighted by atomic mass is 9.95. The summed E-state index contributed by atoms with van der Waals surface area (Å²) in [5, 5.41) is 14.1. The van der Waals surface area contributed by atoms with Crippen LogP contribution in [0, 0.1) is 24.2 Å². The first kappa shape index (κ1) is 23.2. The fraction of sp³-hybridized carbons (Fsp3) is 0.280. The molecule has 33 heavy (non-hydrogen) atoms. The predicted octanol–water partition coefficient (Wildman–Crippen LogP) is 4.23. The second-order valence-electron chi connectivity index (χ2n) is 8.18. The van der Waals surface area contributed by atoms with Crippen molar-refractivity contribution in [3.8, 4) is 6.07 Å². The highest BCUT2D eigenvalue weighted by Crippen LogP contribution is 2.29. The molecule has 0 saturated carbocycles. The van der Waals surface area contributed by atoms with Gasteiger partial charge < -0.3 is 5.32 Å². The van der Waals surface area contributed by atoms with Crippen molar-refractivity contribution >= 4 is 27.3 Å². The van der Waals surface area contributed by atoms with Gasteiger partial charge in [-0.25, -0.2) is 8.42 Å². The molecule has 8 heteroatoms. The van der Waals surface area contributed by atoms with Crippen LogP contribution in [0.3, 0.4) is 0 Å². The molecule has 6 nitrogen and oxygen atoms in total. The highest BCUT2D eigenvalue weighted by atomic mass is 32.2. The molecule has 3 aromatic rings. The molecule has 1 aliphatic heterocycles. The van der Waals surface area contributed by atoms with Crippen LogP contribution in [-0.2, 0) is 14.8 Å². The van der Waals surface area contributed by atoms with Crippen molar-refractivity contribution in [2.75, 3.05) is 13.1 Å². The number of benzene rings is 2. The van der Waals surface area contributed by atoms with E-state index in [1.165, 1.54) is 28.6 Å². The maximum absolute atomic E-state index is 13.1. The Labute approximate surface area is 198 Å². The first-order chi connectivity index (χ1) is 15.9. The van der Waals surface area contributed by atoms with Gasteiger partial charge in [0.25, 0.3) is 0 Å². The van der Waals surface area contributed by atoms with Crippen molar-refractivity contribution in [1.29, 1.82) is 5.26 Å². The first-order valence-corrected chi connectivity index (χ1v) is 13.1. The lowest BCUT2D eigenvalue weighted by Gasteiger charge is -2.31. The maximum atomic E-state index is 13.1. The van der Waals surface area contributed by atoms with Crippen LogP contribution in [0.5, 0.6) is 0 Å². The first-order valence-electron chi connectivity index (χ1n) is 10.8. The van der Waals surface area contributed by atoms with Crippen LogP contribution in [0.4, 0.5) is 0 Å². The summed E-state index contributed by atoms with van der Waals surface area (Å²) in [7, 11) is -3.65. The van der Waals surface area contributed by atoms with E-state index < -0.39 is 10.0 Å². The number of amides is 1. The van der Waals surface area contributed by atoms with Crippen molar-refractivity contribution in [2.45, 2.75) is 30.7 Å². The molecule has 0 aliphatic carbocycles. The Kier molecular flexibility index (Phi) is 6.94. The Morgan fingerprint density at radius 3 is 2.33 bits per heavy atom. The van der Waals surface area contributed by atoms with Gasteiger partial charge in [0.15, 0.2) is 0 Å². The van der Waals surface area contributed by atoms with Gasteiger partial charge >= 0.3 is 0 Å². The summed E-state index contributed by atoms with van der Waals surface area (Å²) in [6.07, 6.45) is 0.929. The number of thiophene rings is 1. The highest BCUT2D eigenvalue weighted by molar-refractivity contribution is 7.89. The molecule has 0 bridgehead atoms. The van der Waals surface area contributed by atoms with Gasteiger partial charge in [-0.15, -0.1) is 11.3 Å². The molecular weight excluding hydrogens is 454 g/mol. The number of carbonyl (C=O) groups is 1. The number of nitrogens with one attached hydrogen (secondary N) is 1. The van der Waals surface area contributed by atoms with Crippen molar-refractivity contribution < 1.29 is 13.2 Å². The fourth-order valence-corrected chi connectivity index (χ4v) is 6.27. The summed E-state index contributed by atoms with van der Waals surface area (Å²) in [5.74, 6) is -0.297. The van der Waals surface area contributed by atoms with E-state index in [1.54, 1.807) is 11.3 Å². The smallest absolute Gasteiger partial charge is 0.243 e. The van der Waals surface area contributed by atoms with Crippen LogP contribution in [0.2, 0.25) is 0 Å². The fourth-order valence-electron chi connectivity index (χ4n) is 4.00. The number of nitrogens with zero attached hydrogens (tertiary/aromatic N) is 2. The van der Waals surface area contributed by atoms with E-state index in [4.69, 9.17) is 5.26 Å². The Morgan fingerprint density at radius 1 is 1.09 bits per heavy atom. The molecule has 0 radical (unpaired) electrons. The third-order valence-corrected chi connectivity index (χ3v) is 8.82. The van der Waals surface area contributed by atoms with Crippen LogP contribution in [-0.4, -0.2) is 31.7 Å². The molecule has 170 valence electrons. The summed E-state index contributed by atoms with van der Waals surface area (Å²) >= 11 is 1.60. The molecule has 4 rings (SSSR count). The normalized spacial score (nSPS) is 16.1. The number of hydrogen-bond donors (Lipinski definition) is 1. The van der Waals surface area contributed by atoms with Crippen molar-refractivity contribution in [3.05, 3.63) is 87.6 Å². The molecule has 0 spiro atoms. The van der Waals surface area contributed by atoms with E-state index >= 15 is 0 Å². The number of carbonyl (C=O) groups excluding carboxylic acids is 1. The van der Waals surface area contributed by atoms with E-state index in [2.05, 4.69) is 5.32 Å². The third-order valence-electron chi connectivity index (χ3n) is 5.97. The number of rotatable bonds is 6. The minimum absolute atomic E-state index is 0.0515. The van der Waals surface area contributed by atoms with E-state index in [0.717, 1.165) is 16.0 Å². The number of hydrogen-bond acceptors (Lipinski definition) is 5. The molecule has 2 aromatic carbocycles. The quantitative estimate of drug-likeness (QED) is 0.573. The van der Waals surface area contributed by atoms with Gasteiger partial charge in [0.2, 0.25) is 15.9 Å². The van der Waals surface area contributed by atoms with E-state index in [1.807, 2.05) is 54.8 Å². The Balaban J connectivity index is 1.43. The third kappa shape index (κ3) is 5.17. The van der Waals surface area contributed by atoms with Gasteiger partial charge in [0.05, 0.1) is 22.6 Å². The lowest BCUT2D eigenvalue weighted by Crippen LogP contribution is -2.43. The second kappa shape index (κ2) is 9.87. The van der Waals surface area contributed by atoms with Crippen LogP contribution < -0.4 is 5.32 Å². The van der Waals surface area contributed by atoms with Gasteiger partial charge in [-0.3, -0.25) is 4.79 Å². The number of aryl methyl sites for hydroxylation is 1. The molecule has 1 saturated heterocycles. The van der Waals surface area contributed by atoms with Gasteiger partial charge in [0, 0.05) is 23.9 Å². The molecule has 1 N–H and O–H groups in total. The minimum Gasteiger partial charge on any atom is -0.344 e.